The van der Waals surface area contributed by atoms with Gasteiger partial charge in [-0.15, -0.1) is 0 Å². The quantitative estimate of drug-likeness (QED) is 0.170. The van der Waals surface area contributed by atoms with Crippen LogP contribution in [0.3, 0.4) is 0 Å². The third-order valence-electron chi connectivity index (χ3n) is 11.5. The van der Waals surface area contributed by atoms with Gasteiger partial charge in [-0.05, 0) is 132 Å². The molecule has 69 heavy (non-hydrogen) atoms. The Balaban J connectivity index is 0.000000157. The van der Waals surface area contributed by atoms with E-state index in [1.165, 1.54) is 24.8 Å². The van der Waals surface area contributed by atoms with E-state index in [4.69, 9.17) is 48.9 Å². The van der Waals surface area contributed by atoms with Gasteiger partial charge in [0, 0.05) is 80.6 Å². The SMILES string of the molecule is Cc1ccc(N)cc1-c1cc(C2=CCOCC2)c(=O)n(C)n1.Cc1ccc(N)cc1-c1cc(C2CCOCC2)c(=O)n(C)n1.Cn1nc(Cl)cc(Br)c1=O.Cn1nc(Cl)cc(C2=CCOCC2)c1=O. The van der Waals surface area contributed by atoms with Crippen LogP contribution in [0.2, 0.25) is 10.3 Å². The lowest BCUT2D eigenvalue weighted by Gasteiger charge is -2.22. The highest BCUT2D eigenvalue weighted by Crippen LogP contribution is 2.30. The molecule has 20 heteroatoms. The van der Waals surface area contributed by atoms with Crippen molar-refractivity contribution in [2.75, 3.05) is 51.1 Å². The van der Waals surface area contributed by atoms with Gasteiger partial charge in [0.15, 0.2) is 5.15 Å². The number of anilines is 2. The number of nitrogens with two attached hydrogens (primary N) is 2. The molecule has 0 spiro atoms. The van der Waals surface area contributed by atoms with E-state index in [-0.39, 0.29) is 28.2 Å². The zero-order chi connectivity index (χ0) is 49.9. The molecule has 4 N–H and O–H groups in total. The van der Waals surface area contributed by atoms with Crippen molar-refractivity contribution >= 4 is 61.7 Å². The molecular formula is C49H55BrCl2N10O7. The number of hydrogen-bond acceptors (Lipinski definition) is 13. The lowest BCUT2D eigenvalue weighted by atomic mass is 9.91. The number of ether oxygens (including phenoxy) is 3. The fraction of sp³-hybridized carbons (Fsp3) is 0.347. The summed E-state index contributed by atoms with van der Waals surface area (Å²) in [6.45, 7) is 7.85. The first-order valence-corrected chi connectivity index (χ1v) is 23.6. The molecule has 0 atom stereocenters. The number of benzene rings is 2. The second-order valence-corrected chi connectivity index (χ2v) is 18.1. The van der Waals surface area contributed by atoms with E-state index in [1.807, 2.05) is 74.5 Å². The van der Waals surface area contributed by atoms with Crippen molar-refractivity contribution in [1.82, 2.24) is 39.1 Å². The Morgan fingerprint density at radius 3 is 1.49 bits per heavy atom. The van der Waals surface area contributed by atoms with Gasteiger partial charge in [0.25, 0.3) is 22.2 Å². The van der Waals surface area contributed by atoms with Gasteiger partial charge in [-0.3, -0.25) is 19.2 Å². The molecule has 0 saturated carbocycles. The molecular weight excluding hydrogens is 991 g/mol. The first-order valence-electron chi connectivity index (χ1n) is 22.1. The fourth-order valence-corrected chi connectivity index (χ4v) is 8.80. The Bertz CT molecular complexity index is 3110. The van der Waals surface area contributed by atoms with E-state index < -0.39 is 0 Å². The average molecular weight is 1050 g/mol. The van der Waals surface area contributed by atoms with Gasteiger partial charge in [0.1, 0.15) is 5.15 Å². The third-order valence-corrected chi connectivity index (χ3v) is 12.5. The summed E-state index contributed by atoms with van der Waals surface area (Å²) in [6, 6.07) is 18.4. The lowest BCUT2D eigenvalue weighted by Crippen LogP contribution is -2.28. The summed E-state index contributed by atoms with van der Waals surface area (Å²) in [6.07, 6.45) is 7.14. The van der Waals surface area contributed by atoms with Gasteiger partial charge in [0.2, 0.25) is 0 Å². The van der Waals surface area contributed by atoms with Crippen LogP contribution in [0.25, 0.3) is 33.7 Å². The lowest BCUT2D eigenvalue weighted by molar-refractivity contribution is 0.0849. The van der Waals surface area contributed by atoms with Crippen LogP contribution in [0.15, 0.2) is 96.5 Å². The second-order valence-electron chi connectivity index (χ2n) is 16.5. The van der Waals surface area contributed by atoms with Crippen LogP contribution in [0.4, 0.5) is 11.4 Å². The van der Waals surface area contributed by atoms with E-state index in [1.54, 1.807) is 34.3 Å². The Morgan fingerprint density at radius 2 is 1.00 bits per heavy atom. The van der Waals surface area contributed by atoms with Crippen molar-refractivity contribution in [1.29, 1.82) is 0 Å². The maximum absolute atomic E-state index is 12.4. The average Bonchev–Trinajstić information content (AvgIpc) is 3.34. The van der Waals surface area contributed by atoms with Crippen LogP contribution in [0.1, 0.15) is 59.4 Å². The minimum absolute atomic E-state index is 0.0165. The number of nitrogen functional groups attached to an aromatic ring is 2. The van der Waals surface area contributed by atoms with Crippen molar-refractivity contribution < 1.29 is 14.2 Å². The van der Waals surface area contributed by atoms with Crippen LogP contribution in [-0.2, 0) is 42.4 Å². The number of halogens is 3. The first-order chi connectivity index (χ1) is 32.9. The van der Waals surface area contributed by atoms with Crippen molar-refractivity contribution in [3.8, 4) is 22.5 Å². The highest BCUT2D eigenvalue weighted by atomic mass is 79.9. The molecule has 17 nitrogen and oxygen atoms in total. The normalized spacial score (nSPS) is 14.7. The Labute approximate surface area is 417 Å². The molecule has 7 heterocycles. The highest BCUT2D eigenvalue weighted by molar-refractivity contribution is 9.10. The Kier molecular flexibility index (Phi) is 18.2. The Hall–Kier alpha value is -6.02. The smallest absolute Gasteiger partial charge is 0.280 e. The predicted octanol–water partition coefficient (Wildman–Crippen LogP) is 6.81. The molecule has 1 saturated heterocycles. The summed E-state index contributed by atoms with van der Waals surface area (Å²) in [5, 5.41) is 17.0. The summed E-state index contributed by atoms with van der Waals surface area (Å²) in [4.78, 5) is 47.5. The molecule has 0 aliphatic carbocycles. The minimum Gasteiger partial charge on any atom is -0.399 e. The number of hydrogen-bond donors (Lipinski definition) is 2. The zero-order valence-electron chi connectivity index (χ0n) is 39.3. The first kappa shape index (κ1) is 52.4. The molecule has 9 rings (SSSR count). The zero-order valence-corrected chi connectivity index (χ0v) is 42.4. The van der Waals surface area contributed by atoms with Crippen LogP contribution in [-0.4, -0.2) is 78.8 Å². The topological polar surface area (TPSA) is 219 Å². The summed E-state index contributed by atoms with van der Waals surface area (Å²) in [7, 11) is 6.52. The maximum atomic E-state index is 12.4. The van der Waals surface area contributed by atoms with Gasteiger partial charge in [-0.1, -0.05) is 47.5 Å². The van der Waals surface area contributed by atoms with E-state index in [0.29, 0.717) is 76.9 Å². The van der Waals surface area contributed by atoms with Gasteiger partial charge < -0.3 is 25.7 Å². The van der Waals surface area contributed by atoms with Crippen LogP contribution < -0.4 is 33.7 Å². The van der Waals surface area contributed by atoms with Crippen molar-refractivity contribution in [3.05, 3.63) is 157 Å². The molecule has 1 fully saturated rings. The van der Waals surface area contributed by atoms with Crippen LogP contribution in [0, 0.1) is 13.8 Å². The van der Waals surface area contributed by atoms with Gasteiger partial charge >= 0.3 is 0 Å². The van der Waals surface area contributed by atoms with Gasteiger partial charge in [0.05, 0.1) is 42.3 Å². The van der Waals surface area contributed by atoms with Gasteiger partial charge in [-0.2, -0.15) is 20.4 Å². The number of aryl methyl sites for hydroxylation is 6. The number of rotatable bonds is 5. The molecule has 0 unspecified atom stereocenters. The van der Waals surface area contributed by atoms with E-state index in [9.17, 15) is 19.2 Å². The largest absolute Gasteiger partial charge is 0.399 e. The number of nitrogens with zero attached hydrogens (tertiary/aromatic N) is 8. The fourth-order valence-electron chi connectivity index (χ4n) is 7.75. The van der Waals surface area contributed by atoms with Crippen molar-refractivity contribution in [3.63, 3.8) is 0 Å². The van der Waals surface area contributed by atoms with Crippen LogP contribution in [0.5, 0.6) is 0 Å². The molecule has 0 amide bonds. The van der Waals surface area contributed by atoms with Crippen molar-refractivity contribution in [2.24, 2.45) is 28.2 Å². The molecule has 4 aromatic heterocycles. The van der Waals surface area contributed by atoms with E-state index in [0.717, 1.165) is 76.0 Å². The van der Waals surface area contributed by atoms with E-state index in [2.05, 4.69) is 36.3 Å². The number of aromatic nitrogens is 8. The minimum atomic E-state index is -0.190. The Morgan fingerprint density at radius 1 is 0.551 bits per heavy atom. The summed E-state index contributed by atoms with van der Waals surface area (Å²) in [5.74, 6) is 0.246. The molecule has 6 aromatic rings. The molecule has 0 bridgehead atoms. The molecule has 364 valence electrons. The predicted molar refractivity (Wildman–Crippen MR) is 274 cm³/mol. The summed E-state index contributed by atoms with van der Waals surface area (Å²) < 4.78 is 21.6. The van der Waals surface area contributed by atoms with Crippen LogP contribution >= 0.6 is 39.1 Å². The molecule has 3 aliphatic rings. The monoisotopic (exact) mass is 1040 g/mol. The second kappa shape index (κ2) is 24.0. The van der Waals surface area contributed by atoms with Crippen molar-refractivity contribution in [2.45, 2.75) is 45.4 Å². The summed E-state index contributed by atoms with van der Waals surface area (Å²) >= 11 is 14.4. The third kappa shape index (κ3) is 13.6. The maximum Gasteiger partial charge on any atom is 0.280 e. The highest BCUT2D eigenvalue weighted by Gasteiger charge is 2.22. The molecule has 0 radical (unpaired) electrons. The van der Waals surface area contributed by atoms with Gasteiger partial charge in [-0.25, -0.2) is 18.7 Å². The van der Waals surface area contributed by atoms with E-state index >= 15 is 0 Å². The summed E-state index contributed by atoms with van der Waals surface area (Å²) in [5.41, 5.74) is 22.6. The standard InChI is InChI=1S/C17H21N3O2.C17H19N3O2.C10H11ClN2O2.C5H4BrClN2O/c2*1-11-3-4-13(18)9-14(11)16-10-15(17(21)20(2)19-16)12-5-7-22-8-6-12;1-13-10(14)8(6-9(11)12-13)7-2-4-15-5-3-7;1-9-5(10)3(6)2-4(7)8-9/h3-4,9-10,12H,5-8,18H2,1-2H3;3-5,9-10H,6-8,18H2,1-2H3;2,6H,3-5H2,1H3;2H,1H3. The molecule has 2 aromatic carbocycles. The molecule has 3 aliphatic heterocycles.